The monoisotopic (exact) mass is 260 g/mol. The van der Waals surface area contributed by atoms with Crippen LogP contribution in [0.5, 0.6) is 0 Å². The molecule has 0 aliphatic heterocycles. The summed E-state index contributed by atoms with van der Waals surface area (Å²) >= 11 is 11.8. The lowest BCUT2D eigenvalue weighted by atomic mass is 9.84. The fourth-order valence-corrected chi connectivity index (χ4v) is 2.97. The van der Waals surface area contributed by atoms with Crippen LogP contribution in [0.15, 0.2) is 18.2 Å². The third-order valence-corrected chi connectivity index (χ3v) is 3.87. The summed E-state index contributed by atoms with van der Waals surface area (Å²) in [4.78, 5) is 0. The molecule has 16 heavy (non-hydrogen) atoms. The Morgan fingerprint density at radius 2 is 2.12 bits per heavy atom. The summed E-state index contributed by atoms with van der Waals surface area (Å²) in [5.41, 5.74) is 0.764. The maximum Gasteiger partial charge on any atom is 0.127 e. The van der Waals surface area contributed by atoms with Crippen LogP contribution in [0.25, 0.3) is 0 Å². The van der Waals surface area contributed by atoms with E-state index in [0.29, 0.717) is 10.9 Å². The fourth-order valence-electron chi connectivity index (χ4n) is 2.41. The van der Waals surface area contributed by atoms with Gasteiger partial charge in [0.1, 0.15) is 5.82 Å². The highest BCUT2D eigenvalue weighted by Crippen LogP contribution is 2.31. The van der Waals surface area contributed by atoms with Gasteiger partial charge in [0.25, 0.3) is 0 Å². The van der Waals surface area contributed by atoms with Crippen molar-refractivity contribution in [2.24, 2.45) is 5.92 Å². The van der Waals surface area contributed by atoms with Gasteiger partial charge in [-0.1, -0.05) is 30.5 Å². The minimum absolute atomic E-state index is 0.191. The van der Waals surface area contributed by atoms with Crippen LogP contribution in [0, 0.1) is 11.7 Å². The normalized spacial score (nSPS) is 25.7. The standard InChI is InChI=1S/C13H15Cl2F/c14-11-3-1-2-9(7-11)6-10-4-5-12(15)8-13(10)16/h4-5,8-9,11H,1-3,6-7H2. The zero-order chi connectivity index (χ0) is 11.5. The third-order valence-electron chi connectivity index (χ3n) is 3.24. The average molecular weight is 261 g/mol. The highest BCUT2D eigenvalue weighted by molar-refractivity contribution is 6.30. The van der Waals surface area contributed by atoms with E-state index in [1.165, 1.54) is 6.07 Å². The Bertz CT molecular complexity index is 365. The van der Waals surface area contributed by atoms with Crippen LogP contribution in [-0.2, 0) is 6.42 Å². The molecule has 1 aliphatic carbocycles. The zero-order valence-electron chi connectivity index (χ0n) is 9.06. The van der Waals surface area contributed by atoms with E-state index in [1.807, 2.05) is 0 Å². The molecule has 2 rings (SSSR count). The molecule has 0 amide bonds. The Hall–Kier alpha value is -0.270. The first-order valence-electron chi connectivity index (χ1n) is 5.73. The van der Waals surface area contributed by atoms with Crippen molar-refractivity contribution < 1.29 is 4.39 Å². The van der Waals surface area contributed by atoms with E-state index in [0.717, 1.165) is 37.7 Å². The summed E-state index contributed by atoms with van der Waals surface area (Å²) in [5, 5.41) is 0.731. The lowest BCUT2D eigenvalue weighted by molar-refractivity contribution is 0.357. The molecule has 0 heterocycles. The van der Waals surface area contributed by atoms with E-state index in [-0.39, 0.29) is 11.2 Å². The lowest BCUT2D eigenvalue weighted by Gasteiger charge is -2.25. The molecule has 1 aliphatic rings. The van der Waals surface area contributed by atoms with Gasteiger partial charge in [-0.15, -0.1) is 11.6 Å². The summed E-state index contributed by atoms with van der Waals surface area (Å²) in [6.45, 7) is 0. The average Bonchev–Trinajstić information content (AvgIpc) is 2.22. The van der Waals surface area contributed by atoms with Crippen molar-refractivity contribution in [3.63, 3.8) is 0 Å². The van der Waals surface area contributed by atoms with E-state index in [2.05, 4.69) is 0 Å². The highest BCUT2D eigenvalue weighted by Gasteiger charge is 2.21. The molecule has 0 radical (unpaired) electrons. The Labute approximate surface area is 106 Å². The molecule has 0 bridgehead atoms. The SMILES string of the molecule is Fc1cc(Cl)ccc1CC1CCCC(Cl)C1. The van der Waals surface area contributed by atoms with Crippen LogP contribution in [0.1, 0.15) is 31.2 Å². The molecule has 0 N–H and O–H groups in total. The van der Waals surface area contributed by atoms with E-state index >= 15 is 0 Å². The van der Waals surface area contributed by atoms with Crippen molar-refractivity contribution >= 4 is 23.2 Å². The topological polar surface area (TPSA) is 0 Å². The molecule has 1 saturated carbocycles. The Morgan fingerprint density at radius 1 is 1.31 bits per heavy atom. The molecule has 1 aromatic carbocycles. The van der Waals surface area contributed by atoms with Crippen molar-refractivity contribution in [1.82, 2.24) is 0 Å². The molecule has 1 fully saturated rings. The predicted molar refractivity (Wildman–Crippen MR) is 66.7 cm³/mol. The smallest absolute Gasteiger partial charge is 0.127 e. The summed E-state index contributed by atoms with van der Waals surface area (Å²) in [5.74, 6) is 0.330. The van der Waals surface area contributed by atoms with Gasteiger partial charge in [0.05, 0.1) is 0 Å². The van der Waals surface area contributed by atoms with Gasteiger partial charge in [-0.3, -0.25) is 0 Å². The second-order valence-electron chi connectivity index (χ2n) is 4.57. The molecule has 0 saturated heterocycles. The van der Waals surface area contributed by atoms with Crippen LogP contribution in [-0.4, -0.2) is 5.38 Å². The fraction of sp³-hybridized carbons (Fsp3) is 0.538. The second-order valence-corrected chi connectivity index (χ2v) is 5.62. The molecule has 88 valence electrons. The van der Waals surface area contributed by atoms with Gasteiger partial charge in [0.15, 0.2) is 0 Å². The second kappa shape index (κ2) is 5.37. The van der Waals surface area contributed by atoms with E-state index in [4.69, 9.17) is 23.2 Å². The first-order valence-corrected chi connectivity index (χ1v) is 6.54. The number of rotatable bonds is 2. The van der Waals surface area contributed by atoms with Crippen LogP contribution in [0.3, 0.4) is 0 Å². The van der Waals surface area contributed by atoms with Gasteiger partial charge >= 0.3 is 0 Å². The van der Waals surface area contributed by atoms with Crippen LogP contribution in [0.2, 0.25) is 5.02 Å². The Balaban J connectivity index is 2.02. The van der Waals surface area contributed by atoms with E-state index < -0.39 is 0 Å². The first-order chi connectivity index (χ1) is 7.65. The molecule has 2 atom stereocenters. The predicted octanol–water partition coefficient (Wildman–Crippen LogP) is 4.82. The largest absolute Gasteiger partial charge is 0.207 e. The maximum atomic E-state index is 13.6. The number of alkyl halides is 1. The molecule has 0 aromatic heterocycles. The molecule has 2 unspecified atom stereocenters. The van der Waals surface area contributed by atoms with Crippen molar-refractivity contribution in [2.45, 2.75) is 37.5 Å². The van der Waals surface area contributed by atoms with Crippen LogP contribution >= 0.6 is 23.2 Å². The van der Waals surface area contributed by atoms with Crippen molar-refractivity contribution in [1.29, 1.82) is 0 Å². The minimum atomic E-state index is -0.191. The zero-order valence-corrected chi connectivity index (χ0v) is 10.6. The van der Waals surface area contributed by atoms with Crippen LogP contribution in [0.4, 0.5) is 4.39 Å². The van der Waals surface area contributed by atoms with Crippen molar-refractivity contribution in [2.75, 3.05) is 0 Å². The third kappa shape index (κ3) is 3.11. The molecular formula is C13H15Cl2F. The minimum Gasteiger partial charge on any atom is -0.207 e. The number of hydrogen-bond donors (Lipinski definition) is 0. The van der Waals surface area contributed by atoms with Gasteiger partial charge in [-0.05, 0) is 42.9 Å². The van der Waals surface area contributed by atoms with E-state index in [1.54, 1.807) is 12.1 Å². The van der Waals surface area contributed by atoms with Gasteiger partial charge in [0, 0.05) is 10.4 Å². The summed E-state index contributed by atoms with van der Waals surface area (Å²) < 4.78 is 13.6. The molecule has 0 spiro atoms. The number of hydrogen-bond acceptors (Lipinski definition) is 0. The Morgan fingerprint density at radius 3 is 2.81 bits per heavy atom. The first kappa shape index (κ1) is 12.2. The van der Waals surface area contributed by atoms with Gasteiger partial charge in [-0.2, -0.15) is 0 Å². The molecule has 3 heteroatoms. The van der Waals surface area contributed by atoms with Crippen LogP contribution < -0.4 is 0 Å². The lowest BCUT2D eigenvalue weighted by Crippen LogP contribution is -2.17. The van der Waals surface area contributed by atoms with Gasteiger partial charge in [-0.25, -0.2) is 4.39 Å². The quantitative estimate of drug-likeness (QED) is 0.669. The highest BCUT2D eigenvalue weighted by atomic mass is 35.5. The van der Waals surface area contributed by atoms with Crippen molar-refractivity contribution in [3.05, 3.63) is 34.6 Å². The Kier molecular flexibility index (Phi) is 4.10. The summed E-state index contributed by atoms with van der Waals surface area (Å²) in [6.07, 6.45) is 5.20. The summed E-state index contributed by atoms with van der Waals surface area (Å²) in [7, 11) is 0. The number of halogens is 3. The van der Waals surface area contributed by atoms with E-state index in [9.17, 15) is 4.39 Å². The maximum absolute atomic E-state index is 13.6. The molecule has 0 nitrogen and oxygen atoms in total. The molecular weight excluding hydrogens is 246 g/mol. The van der Waals surface area contributed by atoms with Crippen molar-refractivity contribution in [3.8, 4) is 0 Å². The number of benzene rings is 1. The van der Waals surface area contributed by atoms with Gasteiger partial charge in [0.2, 0.25) is 0 Å². The molecule has 1 aromatic rings. The summed E-state index contributed by atoms with van der Waals surface area (Å²) in [6, 6.07) is 4.92. The van der Waals surface area contributed by atoms with Gasteiger partial charge < -0.3 is 0 Å².